The van der Waals surface area contributed by atoms with E-state index in [1.807, 2.05) is 19.1 Å². The first kappa shape index (κ1) is 25.8. The molecular weight excluding hydrogens is 485 g/mol. The Morgan fingerprint density at radius 1 is 1.14 bits per heavy atom. The summed E-state index contributed by atoms with van der Waals surface area (Å²) in [6.07, 6.45) is 1.07. The van der Waals surface area contributed by atoms with E-state index in [0.29, 0.717) is 46.7 Å². The summed E-state index contributed by atoms with van der Waals surface area (Å²) in [5, 5.41) is 3.46. The van der Waals surface area contributed by atoms with Crippen molar-refractivity contribution in [3.05, 3.63) is 80.9 Å². The Balaban J connectivity index is 1.78. The highest BCUT2D eigenvalue weighted by molar-refractivity contribution is 6.32. The predicted octanol–water partition coefficient (Wildman–Crippen LogP) is 5.84. The monoisotopic (exact) mass is 513 g/mol. The molecule has 0 fully saturated rings. The van der Waals surface area contributed by atoms with Crippen LogP contribution in [-0.2, 0) is 20.9 Å². The van der Waals surface area contributed by atoms with Crippen LogP contribution in [0, 0.1) is 11.2 Å². The fraction of sp³-hybridized carbons (Fsp3) is 0.357. The number of dihydropyridines is 1. The molecule has 0 radical (unpaired) electrons. The van der Waals surface area contributed by atoms with Gasteiger partial charge in [0, 0.05) is 34.9 Å². The lowest BCUT2D eigenvalue weighted by Crippen LogP contribution is -2.38. The van der Waals surface area contributed by atoms with E-state index in [1.165, 1.54) is 25.3 Å². The Kier molecular flexibility index (Phi) is 7.14. The summed E-state index contributed by atoms with van der Waals surface area (Å²) in [4.78, 5) is 26.3. The van der Waals surface area contributed by atoms with Crippen LogP contribution in [0.2, 0.25) is 5.02 Å². The van der Waals surface area contributed by atoms with Crippen LogP contribution >= 0.6 is 11.6 Å². The summed E-state index contributed by atoms with van der Waals surface area (Å²) in [7, 11) is 2.88. The molecule has 0 saturated heterocycles. The van der Waals surface area contributed by atoms with E-state index in [0.717, 1.165) is 11.3 Å². The van der Waals surface area contributed by atoms with Crippen LogP contribution in [0.25, 0.3) is 0 Å². The number of Topliss-reactive ketones (excluding diaryl/α,β-unsaturated/α-hetero) is 1. The van der Waals surface area contributed by atoms with E-state index in [2.05, 4.69) is 19.2 Å². The van der Waals surface area contributed by atoms with Gasteiger partial charge in [0.25, 0.3) is 0 Å². The van der Waals surface area contributed by atoms with Crippen molar-refractivity contribution in [2.24, 2.45) is 5.41 Å². The minimum atomic E-state index is -0.601. The van der Waals surface area contributed by atoms with E-state index in [1.54, 1.807) is 13.2 Å². The van der Waals surface area contributed by atoms with Crippen molar-refractivity contribution in [3.8, 4) is 11.5 Å². The lowest BCUT2D eigenvalue weighted by atomic mass is 9.68. The van der Waals surface area contributed by atoms with Gasteiger partial charge in [-0.3, -0.25) is 4.79 Å². The first-order valence-corrected chi connectivity index (χ1v) is 12.0. The van der Waals surface area contributed by atoms with Crippen LogP contribution in [0.1, 0.15) is 50.7 Å². The van der Waals surface area contributed by atoms with Gasteiger partial charge >= 0.3 is 5.97 Å². The average Bonchev–Trinajstić information content (AvgIpc) is 2.81. The van der Waals surface area contributed by atoms with Gasteiger partial charge in [-0.2, -0.15) is 0 Å². The third-order valence-electron chi connectivity index (χ3n) is 6.56. The van der Waals surface area contributed by atoms with Gasteiger partial charge in [0.2, 0.25) is 0 Å². The molecule has 4 rings (SSSR count). The highest BCUT2D eigenvalue weighted by Crippen LogP contribution is 2.47. The molecule has 190 valence electrons. The van der Waals surface area contributed by atoms with Crippen molar-refractivity contribution in [2.45, 2.75) is 46.1 Å². The van der Waals surface area contributed by atoms with Crippen molar-refractivity contribution >= 4 is 23.4 Å². The number of ketones is 1. The Bertz CT molecular complexity index is 1300. The summed E-state index contributed by atoms with van der Waals surface area (Å²) in [6, 6.07) is 9.40. The quantitative estimate of drug-likeness (QED) is 0.489. The third kappa shape index (κ3) is 4.98. The van der Waals surface area contributed by atoms with Crippen LogP contribution in [0.3, 0.4) is 0 Å². The highest BCUT2D eigenvalue weighted by Gasteiger charge is 2.43. The average molecular weight is 514 g/mol. The van der Waals surface area contributed by atoms with Crippen molar-refractivity contribution in [1.82, 2.24) is 5.32 Å². The SMILES string of the molecule is COC(=O)C1=C(C)NC2=C(C(=O)CC(C)(C)C2)[C@H]1c1ccc(OC)c(COc2ccc(F)cc2Cl)c1. The van der Waals surface area contributed by atoms with Gasteiger partial charge in [-0.25, -0.2) is 9.18 Å². The molecule has 36 heavy (non-hydrogen) atoms. The maximum atomic E-state index is 13.4. The van der Waals surface area contributed by atoms with Gasteiger partial charge < -0.3 is 19.5 Å². The lowest BCUT2D eigenvalue weighted by Gasteiger charge is -2.39. The number of ether oxygens (including phenoxy) is 3. The largest absolute Gasteiger partial charge is 0.496 e. The number of halogens is 2. The molecule has 1 aliphatic heterocycles. The minimum Gasteiger partial charge on any atom is -0.496 e. The summed E-state index contributed by atoms with van der Waals surface area (Å²) >= 11 is 6.12. The zero-order chi connectivity index (χ0) is 26.2. The first-order chi connectivity index (χ1) is 17.0. The minimum absolute atomic E-state index is 0.000588. The van der Waals surface area contributed by atoms with Gasteiger partial charge in [0.05, 0.1) is 24.8 Å². The van der Waals surface area contributed by atoms with Crippen molar-refractivity contribution in [2.75, 3.05) is 14.2 Å². The topological polar surface area (TPSA) is 73.9 Å². The number of esters is 1. The number of hydrogen-bond donors (Lipinski definition) is 1. The molecule has 1 N–H and O–H groups in total. The van der Waals surface area contributed by atoms with E-state index in [-0.39, 0.29) is 22.8 Å². The second kappa shape index (κ2) is 9.97. The molecule has 0 spiro atoms. The smallest absolute Gasteiger partial charge is 0.336 e. The van der Waals surface area contributed by atoms with Crippen LogP contribution in [0.15, 0.2) is 58.9 Å². The summed E-state index contributed by atoms with van der Waals surface area (Å²) in [6.45, 7) is 6.02. The standard InChI is InChI=1S/C28H29ClFNO5/c1-15-24(27(33)35-5)25(26-20(31-15)12-28(2,3)13-21(26)32)16-6-8-22(34-4)17(10-16)14-36-23-9-7-18(30)11-19(23)29/h6-11,25,31H,12-14H2,1-5H3/t25-/m0/s1. The maximum absolute atomic E-state index is 13.4. The molecule has 0 unspecified atom stereocenters. The highest BCUT2D eigenvalue weighted by atomic mass is 35.5. The molecule has 2 aromatic carbocycles. The molecule has 0 aromatic heterocycles. The Morgan fingerprint density at radius 3 is 2.53 bits per heavy atom. The maximum Gasteiger partial charge on any atom is 0.336 e. The molecule has 0 bridgehead atoms. The van der Waals surface area contributed by atoms with E-state index < -0.39 is 17.7 Å². The van der Waals surface area contributed by atoms with Crippen LogP contribution in [0.5, 0.6) is 11.5 Å². The number of nitrogens with one attached hydrogen (secondary N) is 1. The normalized spacial score (nSPS) is 19.0. The summed E-state index contributed by atoms with van der Waals surface area (Å²) in [5.74, 6) is -0.666. The molecule has 2 aliphatic rings. The molecule has 0 amide bonds. The fourth-order valence-corrected chi connectivity index (χ4v) is 5.21. The predicted molar refractivity (Wildman–Crippen MR) is 134 cm³/mol. The van der Waals surface area contributed by atoms with Gasteiger partial charge in [0.15, 0.2) is 5.78 Å². The number of hydrogen-bond acceptors (Lipinski definition) is 6. The van der Waals surface area contributed by atoms with E-state index in [4.69, 9.17) is 25.8 Å². The molecular formula is C28H29ClFNO5. The van der Waals surface area contributed by atoms with Crippen LogP contribution in [-0.4, -0.2) is 26.0 Å². The zero-order valence-electron chi connectivity index (χ0n) is 21.0. The fourth-order valence-electron chi connectivity index (χ4n) is 4.99. The third-order valence-corrected chi connectivity index (χ3v) is 6.86. The van der Waals surface area contributed by atoms with E-state index in [9.17, 15) is 14.0 Å². The number of rotatable bonds is 6. The van der Waals surface area contributed by atoms with E-state index >= 15 is 0 Å². The molecule has 2 aromatic rings. The van der Waals surface area contributed by atoms with Crippen LogP contribution in [0.4, 0.5) is 4.39 Å². The van der Waals surface area contributed by atoms with Gasteiger partial charge in [-0.15, -0.1) is 0 Å². The van der Waals surface area contributed by atoms with Gasteiger partial charge in [-0.1, -0.05) is 31.5 Å². The van der Waals surface area contributed by atoms with Crippen molar-refractivity contribution in [1.29, 1.82) is 0 Å². The second-order valence-electron chi connectivity index (χ2n) is 9.86. The second-order valence-corrected chi connectivity index (χ2v) is 10.3. The zero-order valence-corrected chi connectivity index (χ0v) is 21.7. The van der Waals surface area contributed by atoms with Gasteiger partial charge in [0.1, 0.15) is 23.9 Å². The number of benzene rings is 2. The first-order valence-electron chi connectivity index (χ1n) is 11.6. The Hall–Kier alpha value is -3.32. The lowest BCUT2D eigenvalue weighted by molar-refractivity contribution is -0.136. The van der Waals surface area contributed by atoms with Crippen molar-refractivity contribution < 1.29 is 28.2 Å². The molecule has 1 aliphatic carbocycles. The molecule has 0 saturated carbocycles. The van der Waals surface area contributed by atoms with Crippen LogP contribution < -0.4 is 14.8 Å². The molecule has 6 nitrogen and oxygen atoms in total. The Morgan fingerprint density at radius 2 is 1.86 bits per heavy atom. The molecule has 8 heteroatoms. The Labute approximate surface area is 215 Å². The molecule has 1 heterocycles. The summed E-state index contributed by atoms with van der Waals surface area (Å²) in [5.41, 5.74) is 3.69. The number of carbonyl (C=O) groups excluding carboxylic acids is 2. The number of allylic oxidation sites excluding steroid dienone is 3. The molecule has 1 atom stereocenters. The number of methoxy groups -OCH3 is 2. The van der Waals surface area contributed by atoms with Crippen molar-refractivity contribution in [3.63, 3.8) is 0 Å². The van der Waals surface area contributed by atoms with Gasteiger partial charge in [-0.05, 0) is 54.7 Å². The number of carbonyl (C=O) groups is 2. The summed E-state index contributed by atoms with van der Waals surface area (Å²) < 4.78 is 29.9.